The molecule has 1 aliphatic carbocycles. The molecule has 0 saturated heterocycles. The molecule has 4 heteroatoms. The summed E-state index contributed by atoms with van der Waals surface area (Å²) in [6.07, 6.45) is 5.64. The van der Waals surface area contributed by atoms with E-state index in [1.165, 1.54) is 19.3 Å². The number of hydrogen-bond acceptors (Lipinski definition) is 2. The second kappa shape index (κ2) is 4.76. The Kier molecular flexibility index (Phi) is 3.55. The Balaban J connectivity index is 2.22. The molecule has 1 saturated carbocycles. The van der Waals surface area contributed by atoms with E-state index in [0.29, 0.717) is 12.0 Å². The highest BCUT2D eigenvalue weighted by atomic mass is 35.5. The number of hydrogen-bond donors (Lipinski definition) is 1. The van der Waals surface area contributed by atoms with Crippen LogP contribution >= 0.6 is 11.6 Å². The highest BCUT2D eigenvalue weighted by Gasteiger charge is 2.31. The predicted octanol–water partition coefficient (Wildman–Crippen LogP) is 2.77. The molecule has 0 spiro atoms. The monoisotopic (exact) mass is 241 g/mol. The van der Waals surface area contributed by atoms with Gasteiger partial charge in [-0.3, -0.25) is 4.68 Å². The van der Waals surface area contributed by atoms with Crippen LogP contribution in [0.1, 0.15) is 37.9 Å². The van der Waals surface area contributed by atoms with Crippen LogP contribution in [0.3, 0.4) is 0 Å². The number of rotatable bonds is 3. The molecule has 0 radical (unpaired) electrons. The summed E-state index contributed by atoms with van der Waals surface area (Å²) >= 11 is 6.21. The number of aryl methyl sites for hydroxylation is 1. The van der Waals surface area contributed by atoms with Gasteiger partial charge in [0.25, 0.3) is 0 Å². The van der Waals surface area contributed by atoms with Gasteiger partial charge < -0.3 is 5.32 Å². The lowest BCUT2D eigenvalue weighted by Crippen LogP contribution is -2.26. The van der Waals surface area contributed by atoms with E-state index in [-0.39, 0.29) is 0 Å². The molecule has 1 aromatic rings. The minimum absolute atomic E-state index is 0.338. The highest BCUT2D eigenvalue weighted by Crippen LogP contribution is 2.40. The third-order valence-electron chi connectivity index (χ3n) is 3.75. The quantitative estimate of drug-likeness (QED) is 0.882. The number of nitrogens with one attached hydrogen (secondary N) is 1. The molecule has 1 heterocycles. The van der Waals surface area contributed by atoms with Crippen molar-refractivity contribution in [3.05, 3.63) is 16.9 Å². The van der Waals surface area contributed by atoms with Gasteiger partial charge in [-0.15, -0.1) is 0 Å². The zero-order chi connectivity index (χ0) is 11.7. The van der Waals surface area contributed by atoms with Crippen molar-refractivity contribution in [1.82, 2.24) is 15.1 Å². The van der Waals surface area contributed by atoms with E-state index in [2.05, 4.69) is 17.3 Å². The van der Waals surface area contributed by atoms with Crippen molar-refractivity contribution < 1.29 is 0 Å². The first-order valence-electron chi connectivity index (χ1n) is 5.98. The van der Waals surface area contributed by atoms with Crippen LogP contribution in [0.15, 0.2) is 6.20 Å². The average molecular weight is 242 g/mol. The molecule has 3 unspecified atom stereocenters. The van der Waals surface area contributed by atoms with E-state index in [4.69, 9.17) is 11.6 Å². The van der Waals surface area contributed by atoms with E-state index in [1.807, 2.05) is 18.8 Å². The Morgan fingerprint density at radius 2 is 2.31 bits per heavy atom. The molecule has 1 N–H and O–H groups in total. The minimum Gasteiger partial charge on any atom is -0.311 e. The van der Waals surface area contributed by atoms with Gasteiger partial charge in [-0.2, -0.15) is 5.10 Å². The molecule has 0 amide bonds. The molecule has 1 aromatic heterocycles. The van der Waals surface area contributed by atoms with E-state index in [9.17, 15) is 0 Å². The molecule has 90 valence electrons. The Bertz CT molecular complexity index is 342. The van der Waals surface area contributed by atoms with Crippen molar-refractivity contribution in [2.24, 2.45) is 18.9 Å². The van der Waals surface area contributed by atoms with Gasteiger partial charge in [0.05, 0.1) is 23.0 Å². The summed E-state index contributed by atoms with van der Waals surface area (Å²) in [6.45, 7) is 2.33. The van der Waals surface area contributed by atoms with Crippen LogP contribution in [0.25, 0.3) is 0 Å². The molecule has 1 aliphatic rings. The molecule has 0 bridgehead atoms. The summed E-state index contributed by atoms with van der Waals surface area (Å²) in [5.41, 5.74) is 1.13. The van der Waals surface area contributed by atoms with Crippen LogP contribution in [-0.4, -0.2) is 16.8 Å². The third kappa shape index (κ3) is 2.11. The molecule has 3 nitrogen and oxygen atoms in total. The van der Waals surface area contributed by atoms with Gasteiger partial charge in [-0.25, -0.2) is 0 Å². The van der Waals surface area contributed by atoms with Crippen molar-refractivity contribution >= 4 is 11.6 Å². The molecular weight excluding hydrogens is 222 g/mol. The van der Waals surface area contributed by atoms with E-state index in [0.717, 1.165) is 16.6 Å². The van der Waals surface area contributed by atoms with Gasteiger partial charge in [0.2, 0.25) is 0 Å². The second-order valence-electron chi connectivity index (χ2n) is 4.95. The summed E-state index contributed by atoms with van der Waals surface area (Å²) < 4.78 is 1.90. The van der Waals surface area contributed by atoms with Crippen molar-refractivity contribution in [2.45, 2.75) is 32.2 Å². The first-order chi connectivity index (χ1) is 7.63. The molecule has 1 fully saturated rings. The predicted molar refractivity (Wildman–Crippen MR) is 66.5 cm³/mol. The summed E-state index contributed by atoms with van der Waals surface area (Å²) in [6, 6.07) is 0.338. The van der Waals surface area contributed by atoms with E-state index < -0.39 is 0 Å². The molecule has 16 heavy (non-hydrogen) atoms. The normalized spacial score (nSPS) is 27.2. The lowest BCUT2D eigenvalue weighted by molar-refractivity contribution is 0.362. The van der Waals surface area contributed by atoms with Gasteiger partial charge in [0.1, 0.15) is 0 Å². The molecule has 0 aliphatic heterocycles. The Morgan fingerprint density at radius 3 is 2.75 bits per heavy atom. The first kappa shape index (κ1) is 11.9. The van der Waals surface area contributed by atoms with Gasteiger partial charge in [0, 0.05) is 7.05 Å². The first-order valence-corrected chi connectivity index (χ1v) is 6.36. The smallest absolute Gasteiger partial charge is 0.0834 e. The van der Waals surface area contributed by atoms with Crippen molar-refractivity contribution in [1.29, 1.82) is 0 Å². The average Bonchev–Trinajstić information content (AvgIpc) is 2.80. The van der Waals surface area contributed by atoms with Crippen LogP contribution in [0.2, 0.25) is 5.02 Å². The summed E-state index contributed by atoms with van der Waals surface area (Å²) in [7, 11) is 3.97. The summed E-state index contributed by atoms with van der Waals surface area (Å²) in [5.74, 6) is 1.53. The van der Waals surface area contributed by atoms with Crippen molar-refractivity contribution in [3.8, 4) is 0 Å². The van der Waals surface area contributed by atoms with E-state index in [1.54, 1.807) is 6.20 Å². The number of halogens is 1. The Morgan fingerprint density at radius 1 is 1.56 bits per heavy atom. The van der Waals surface area contributed by atoms with E-state index >= 15 is 0 Å². The molecular formula is C12H20ClN3. The van der Waals surface area contributed by atoms with Crippen molar-refractivity contribution in [3.63, 3.8) is 0 Å². The van der Waals surface area contributed by atoms with Crippen molar-refractivity contribution in [2.75, 3.05) is 7.05 Å². The highest BCUT2D eigenvalue weighted by molar-refractivity contribution is 6.31. The lowest BCUT2D eigenvalue weighted by atomic mass is 9.94. The Labute approximate surface area is 102 Å². The SMILES string of the molecule is CNC(c1c(Cl)cnn1C)C1CCC(C)C1. The lowest BCUT2D eigenvalue weighted by Gasteiger charge is -2.23. The van der Waals surface area contributed by atoms with Crippen LogP contribution in [0, 0.1) is 11.8 Å². The molecule has 3 atom stereocenters. The zero-order valence-corrected chi connectivity index (χ0v) is 11.0. The zero-order valence-electron chi connectivity index (χ0n) is 10.2. The standard InChI is InChI=1S/C12H20ClN3/c1-8-4-5-9(6-8)11(14-2)12-10(13)7-15-16(12)3/h7-9,11,14H,4-6H2,1-3H3. The largest absolute Gasteiger partial charge is 0.311 e. The maximum atomic E-state index is 6.21. The van der Waals surface area contributed by atoms with Crippen LogP contribution in [-0.2, 0) is 7.05 Å². The topological polar surface area (TPSA) is 29.9 Å². The minimum atomic E-state index is 0.338. The fourth-order valence-corrected chi connectivity index (χ4v) is 3.20. The number of nitrogens with zero attached hydrogens (tertiary/aromatic N) is 2. The summed E-state index contributed by atoms with van der Waals surface area (Å²) in [4.78, 5) is 0. The van der Waals surface area contributed by atoms with Crippen LogP contribution in [0.4, 0.5) is 0 Å². The summed E-state index contributed by atoms with van der Waals surface area (Å²) in [5, 5.41) is 8.40. The van der Waals surface area contributed by atoms with Gasteiger partial charge >= 0.3 is 0 Å². The second-order valence-corrected chi connectivity index (χ2v) is 5.35. The van der Waals surface area contributed by atoms with Crippen LogP contribution < -0.4 is 5.32 Å². The maximum absolute atomic E-state index is 6.21. The van der Waals surface area contributed by atoms with Gasteiger partial charge in [0.15, 0.2) is 0 Å². The Hall–Kier alpha value is -0.540. The third-order valence-corrected chi connectivity index (χ3v) is 4.04. The number of aromatic nitrogens is 2. The maximum Gasteiger partial charge on any atom is 0.0834 e. The fourth-order valence-electron chi connectivity index (χ4n) is 2.92. The molecule has 2 rings (SSSR count). The molecule has 0 aromatic carbocycles. The van der Waals surface area contributed by atoms with Gasteiger partial charge in [-0.1, -0.05) is 24.9 Å². The fraction of sp³-hybridized carbons (Fsp3) is 0.750. The van der Waals surface area contributed by atoms with Crippen LogP contribution in [0.5, 0.6) is 0 Å². The van der Waals surface area contributed by atoms with Gasteiger partial charge in [-0.05, 0) is 31.7 Å².